The lowest BCUT2D eigenvalue weighted by Crippen LogP contribution is -2.61. The van der Waals surface area contributed by atoms with Crippen molar-refractivity contribution in [2.45, 2.75) is 25.1 Å². The van der Waals surface area contributed by atoms with E-state index in [1.165, 1.54) is 7.11 Å². The topological polar surface area (TPSA) is 76.7 Å². The fraction of sp³-hybridized carbons (Fsp3) is 0.300. The summed E-state index contributed by atoms with van der Waals surface area (Å²) in [6.45, 7) is 0.878. The normalized spacial score (nSPS) is 19.5. The van der Waals surface area contributed by atoms with E-state index in [0.29, 0.717) is 19.6 Å². The lowest BCUT2D eigenvalue weighted by atomic mass is 10.0. The summed E-state index contributed by atoms with van der Waals surface area (Å²) < 4.78 is 10.4. The highest BCUT2D eigenvalue weighted by Crippen LogP contribution is 2.16. The van der Waals surface area contributed by atoms with E-state index in [9.17, 15) is 9.59 Å². The van der Waals surface area contributed by atoms with Crippen LogP contribution in [0.5, 0.6) is 5.75 Å². The van der Waals surface area contributed by atoms with Gasteiger partial charge in [0.2, 0.25) is 5.91 Å². The van der Waals surface area contributed by atoms with Gasteiger partial charge in [-0.1, -0.05) is 42.5 Å². The van der Waals surface area contributed by atoms with Gasteiger partial charge in [-0.3, -0.25) is 4.79 Å². The largest absolute Gasteiger partial charge is 0.489 e. The van der Waals surface area contributed by atoms with E-state index in [2.05, 4.69) is 15.4 Å². The maximum Gasteiger partial charge on any atom is 0.329 e. The quantitative estimate of drug-likeness (QED) is 0.768. The van der Waals surface area contributed by atoms with Gasteiger partial charge < -0.3 is 20.1 Å². The first kappa shape index (κ1) is 17.9. The summed E-state index contributed by atoms with van der Waals surface area (Å²) in [5, 5.41) is 5.79. The van der Waals surface area contributed by atoms with Crippen LogP contribution in [0, 0.1) is 0 Å². The van der Waals surface area contributed by atoms with E-state index in [1.807, 2.05) is 54.6 Å². The Labute approximate surface area is 152 Å². The van der Waals surface area contributed by atoms with Crippen LogP contribution >= 0.6 is 0 Å². The van der Waals surface area contributed by atoms with Gasteiger partial charge in [-0.2, -0.15) is 0 Å². The third-order valence-corrected chi connectivity index (χ3v) is 4.30. The second-order valence-electron chi connectivity index (χ2n) is 6.17. The number of piperazine rings is 1. The minimum atomic E-state index is -0.627. The standard InChI is InChI=1S/C20H22N2O4/c1-25-20(24)18-12-21-17(19(23)22-18)11-14-7-9-16(10-8-14)26-13-15-5-3-2-4-6-15/h2-10,17-18,21H,11-13H2,1H3,(H,22,23)/t17-,18-/m0/s1. The number of ether oxygens (including phenoxy) is 2. The monoisotopic (exact) mass is 354 g/mol. The van der Waals surface area contributed by atoms with Crippen LogP contribution in [0.3, 0.4) is 0 Å². The van der Waals surface area contributed by atoms with E-state index in [-0.39, 0.29) is 11.9 Å². The number of benzene rings is 2. The maximum atomic E-state index is 12.1. The predicted molar refractivity (Wildman–Crippen MR) is 96.7 cm³/mol. The van der Waals surface area contributed by atoms with Gasteiger partial charge in [-0.05, 0) is 29.7 Å². The molecule has 6 heteroatoms. The Morgan fingerprint density at radius 1 is 1.08 bits per heavy atom. The Morgan fingerprint density at radius 2 is 1.81 bits per heavy atom. The van der Waals surface area contributed by atoms with Crippen molar-refractivity contribution >= 4 is 11.9 Å². The molecular formula is C20H22N2O4. The molecule has 2 aromatic rings. The van der Waals surface area contributed by atoms with Crippen molar-refractivity contribution in [2.24, 2.45) is 0 Å². The van der Waals surface area contributed by atoms with Crippen LogP contribution in [0.2, 0.25) is 0 Å². The van der Waals surface area contributed by atoms with Gasteiger partial charge >= 0.3 is 5.97 Å². The van der Waals surface area contributed by atoms with Crippen LogP contribution in [0.15, 0.2) is 54.6 Å². The van der Waals surface area contributed by atoms with Crippen molar-refractivity contribution in [2.75, 3.05) is 13.7 Å². The van der Waals surface area contributed by atoms with Gasteiger partial charge in [0.15, 0.2) is 0 Å². The summed E-state index contributed by atoms with van der Waals surface area (Å²) in [7, 11) is 1.31. The molecule has 3 rings (SSSR count). The predicted octanol–water partition coefficient (Wildman–Crippen LogP) is 1.44. The van der Waals surface area contributed by atoms with Gasteiger partial charge in [0.05, 0.1) is 13.2 Å². The molecule has 0 bridgehead atoms. The molecule has 136 valence electrons. The van der Waals surface area contributed by atoms with E-state index in [0.717, 1.165) is 16.9 Å². The molecule has 1 saturated heterocycles. The zero-order valence-electron chi connectivity index (χ0n) is 14.6. The first-order chi connectivity index (χ1) is 12.7. The highest BCUT2D eigenvalue weighted by atomic mass is 16.5. The molecular weight excluding hydrogens is 332 g/mol. The van der Waals surface area contributed by atoms with Crippen molar-refractivity contribution in [3.05, 3.63) is 65.7 Å². The zero-order chi connectivity index (χ0) is 18.4. The van der Waals surface area contributed by atoms with Crippen molar-refractivity contribution in [1.82, 2.24) is 10.6 Å². The van der Waals surface area contributed by atoms with E-state index >= 15 is 0 Å². The fourth-order valence-electron chi connectivity index (χ4n) is 2.82. The van der Waals surface area contributed by atoms with Crippen LogP contribution in [0.25, 0.3) is 0 Å². The molecule has 2 aromatic carbocycles. The Morgan fingerprint density at radius 3 is 2.46 bits per heavy atom. The number of carbonyl (C=O) groups excluding carboxylic acids is 2. The molecule has 1 aliphatic rings. The van der Waals surface area contributed by atoms with Crippen LogP contribution in [0.1, 0.15) is 11.1 Å². The van der Waals surface area contributed by atoms with Gasteiger partial charge in [0.1, 0.15) is 18.4 Å². The Bertz CT molecular complexity index is 746. The number of methoxy groups -OCH3 is 1. The summed E-state index contributed by atoms with van der Waals surface area (Å²) in [5.74, 6) is 0.143. The number of nitrogens with one attached hydrogen (secondary N) is 2. The highest BCUT2D eigenvalue weighted by Gasteiger charge is 2.31. The minimum absolute atomic E-state index is 0.198. The van der Waals surface area contributed by atoms with Gasteiger partial charge in [-0.25, -0.2) is 4.79 Å². The third kappa shape index (κ3) is 4.61. The lowest BCUT2D eigenvalue weighted by molar-refractivity contribution is -0.146. The Balaban J connectivity index is 1.51. The Hall–Kier alpha value is -2.86. The first-order valence-corrected chi connectivity index (χ1v) is 8.53. The Kier molecular flexibility index (Phi) is 5.86. The van der Waals surface area contributed by atoms with E-state index in [1.54, 1.807) is 0 Å². The molecule has 0 aliphatic carbocycles. The minimum Gasteiger partial charge on any atom is -0.489 e. The molecule has 1 heterocycles. The second kappa shape index (κ2) is 8.49. The molecule has 0 radical (unpaired) electrons. The molecule has 0 spiro atoms. The SMILES string of the molecule is COC(=O)[C@@H]1CN[C@@H](Cc2ccc(OCc3ccccc3)cc2)C(=O)N1. The van der Waals surface area contributed by atoms with Crippen molar-refractivity contribution < 1.29 is 19.1 Å². The molecule has 0 saturated carbocycles. The number of carbonyl (C=O) groups is 2. The number of esters is 1. The van der Waals surface area contributed by atoms with E-state index < -0.39 is 12.0 Å². The smallest absolute Gasteiger partial charge is 0.329 e. The number of rotatable bonds is 6. The molecule has 0 unspecified atom stereocenters. The maximum absolute atomic E-state index is 12.1. The number of hydrogen-bond donors (Lipinski definition) is 2. The van der Waals surface area contributed by atoms with Gasteiger partial charge in [0, 0.05) is 6.54 Å². The molecule has 2 N–H and O–H groups in total. The molecule has 1 aliphatic heterocycles. The van der Waals surface area contributed by atoms with Crippen LogP contribution in [-0.2, 0) is 27.4 Å². The molecule has 26 heavy (non-hydrogen) atoms. The average Bonchev–Trinajstić information content (AvgIpc) is 2.69. The summed E-state index contributed by atoms with van der Waals surface area (Å²) in [5.41, 5.74) is 2.13. The average molecular weight is 354 g/mol. The second-order valence-corrected chi connectivity index (χ2v) is 6.17. The van der Waals surface area contributed by atoms with E-state index in [4.69, 9.17) is 4.74 Å². The van der Waals surface area contributed by atoms with Crippen LogP contribution in [-0.4, -0.2) is 37.6 Å². The molecule has 6 nitrogen and oxygen atoms in total. The van der Waals surface area contributed by atoms with Crippen molar-refractivity contribution in [3.63, 3.8) is 0 Å². The van der Waals surface area contributed by atoms with Crippen molar-refractivity contribution in [1.29, 1.82) is 0 Å². The highest BCUT2D eigenvalue weighted by molar-refractivity contribution is 5.89. The third-order valence-electron chi connectivity index (χ3n) is 4.30. The number of hydrogen-bond acceptors (Lipinski definition) is 5. The summed E-state index contributed by atoms with van der Waals surface area (Å²) in [6.07, 6.45) is 0.540. The van der Waals surface area contributed by atoms with Gasteiger partial charge in [-0.15, -0.1) is 0 Å². The number of amides is 1. The molecule has 1 amide bonds. The fourth-order valence-corrected chi connectivity index (χ4v) is 2.82. The first-order valence-electron chi connectivity index (χ1n) is 8.53. The summed E-state index contributed by atoms with van der Waals surface area (Å²) in [4.78, 5) is 23.6. The van der Waals surface area contributed by atoms with Crippen molar-refractivity contribution in [3.8, 4) is 5.75 Å². The van der Waals surface area contributed by atoms with Crippen LogP contribution in [0.4, 0.5) is 0 Å². The molecule has 2 atom stereocenters. The summed E-state index contributed by atoms with van der Waals surface area (Å²) >= 11 is 0. The lowest BCUT2D eigenvalue weighted by Gasteiger charge is -2.28. The molecule has 0 aromatic heterocycles. The molecule has 1 fully saturated rings. The summed E-state index contributed by atoms with van der Waals surface area (Å²) in [6, 6.07) is 16.7. The zero-order valence-corrected chi connectivity index (χ0v) is 14.6. The van der Waals surface area contributed by atoms with Gasteiger partial charge in [0.25, 0.3) is 0 Å². The van der Waals surface area contributed by atoms with Crippen LogP contribution < -0.4 is 15.4 Å².